The van der Waals surface area contributed by atoms with Gasteiger partial charge in [0.2, 0.25) is 0 Å². The van der Waals surface area contributed by atoms with Gasteiger partial charge >= 0.3 is 0 Å². The lowest BCUT2D eigenvalue weighted by atomic mass is 10.1. The molecular formula is C13H19FN2O2. The Kier molecular flexibility index (Phi) is 4.52. The fraction of sp³-hybridized carbons (Fsp3) is 0.538. The third-order valence-electron chi connectivity index (χ3n) is 3.10. The molecule has 0 aliphatic carbocycles. The Morgan fingerprint density at radius 2 is 2.39 bits per heavy atom. The van der Waals surface area contributed by atoms with Crippen LogP contribution in [0, 0.1) is 5.82 Å². The van der Waals surface area contributed by atoms with Crippen molar-refractivity contribution in [3.05, 3.63) is 29.6 Å². The summed E-state index contributed by atoms with van der Waals surface area (Å²) in [4.78, 5) is 1.95. The van der Waals surface area contributed by atoms with Gasteiger partial charge in [-0.25, -0.2) is 4.39 Å². The molecule has 1 aromatic rings. The van der Waals surface area contributed by atoms with Crippen LogP contribution in [0.1, 0.15) is 5.56 Å². The second kappa shape index (κ2) is 6.13. The summed E-state index contributed by atoms with van der Waals surface area (Å²) in [6.45, 7) is 2.27. The predicted molar refractivity (Wildman–Crippen MR) is 68.2 cm³/mol. The van der Waals surface area contributed by atoms with Crippen molar-refractivity contribution in [2.45, 2.75) is 12.6 Å². The van der Waals surface area contributed by atoms with Crippen LogP contribution in [0.15, 0.2) is 18.2 Å². The second-order valence-electron chi connectivity index (χ2n) is 4.40. The first-order chi connectivity index (χ1) is 8.76. The molecule has 1 heterocycles. The van der Waals surface area contributed by atoms with Gasteiger partial charge in [0.25, 0.3) is 0 Å². The van der Waals surface area contributed by atoms with Crippen LogP contribution in [0.25, 0.3) is 0 Å². The van der Waals surface area contributed by atoms with Crippen LogP contribution in [-0.2, 0) is 11.3 Å². The lowest BCUT2D eigenvalue weighted by Crippen LogP contribution is -2.45. The minimum atomic E-state index is -0.235. The standard InChI is InChI=1S/C13H19FN2O2/c1-15-7-10-3-2-4-12(14)13(10)16-5-6-18-11(8-16)9-17/h2-4,11,15,17H,5-9H2,1H3. The van der Waals surface area contributed by atoms with Crippen LogP contribution in [0.2, 0.25) is 0 Å². The zero-order valence-electron chi connectivity index (χ0n) is 10.5. The molecule has 0 aromatic heterocycles. The van der Waals surface area contributed by atoms with Crippen molar-refractivity contribution in [2.24, 2.45) is 0 Å². The maximum atomic E-state index is 14.0. The van der Waals surface area contributed by atoms with Crippen LogP contribution >= 0.6 is 0 Å². The summed E-state index contributed by atoms with van der Waals surface area (Å²) in [5, 5.41) is 12.2. The lowest BCUT2D eigenvalue weighted by Gasteiger charge is -2.35. The smallest absolute Gasteiger partial charge is 0.146 e. The van der Waals surface area contributed by atoms with E-state index in [1.165, 1.54) is 6.07 Å². The molecule has 0 radical (unpaired) electrons. The lowest BCUT2D eigenvalue weighted by molar-refractivity contribution is 0.00336. The van der Waals surface area contributed by atoms with Crippen LogP contribution < -0.4 is 10.2 Å². The number of para-hydroxylation sites is 1. The van der Waals surface area contributed by atoms with Crippen molar-refractivity contribution in [2.75, 3.05) is 38.3 Å². The molecule has 0 saturated carbocycles. The molecular weight excluding hydrogens is 235 g/mol. The van der Waals surface area contributed by atoms with Crippen molar-refractivity contribution in [1.82, 2.24) is 5.32 Å². The first kappa shape index (κ1) is 13.3. The van der Waals surface area contributed by atoms with Crippen LogP contribution in [0.5, 0.6) is 0 Å². The monoisotopic (exact) mass is 254 g/mol. The molecule has 18 heavy (non-hydrogen) atoms. The number of morpholine rings is 1. The van der Waals surface area contributed by atoms with E-state index in [2.05, 4.69) is 5.32 Å². The molecule has 5 heteroatoms. The van der Waals surface area contributed by atoms with Crippen molar-refractivity contribution >= 4 is 5.69 Å². The molecule has 0 bridgehead atoms. The molecule has 1 aliphatic rings. The first-order valence-corrected chi connectivity index (χ1v) is 6.15. The molecule has 1 saturated heterocycles. The van der Waals surface area contributed by atoms with Crippen molar-refractivity contribution in [3.8, 4) is 0 Å². The molecule has 0 amide bonds. The van der Waals surface area contributed by atoms with E-state index < -0.39 is 0 Å². The van der Waals surface area contributed by atoms with Crippen molar-refractivity contribution in [3.63, 3.8) is 0 Å². The third kappa shape index (κ3) is 2.80. The summed E-state index contributed by atoms with van der Waals surface area (Å²) in [6, 6.07) is 5.10. The van der Waals surface area contributed by atoms with E-state index in [1.807, 2.05) is 18.0 Å². The molecule has 4 nitrogen and oxygen atoms in total. The predicted octanol–water partition coefficient (Wildman–Crippen LogP) is 0.743. The highest BCUT2D eigenvalue weighted by atomic mass is 19.1. The van der Waals surface area contributed by atoms with Gasteiger partial charge in [0.15, 0.2) is 0 Å². The molecule has 0 spiro atoms. The number of rotatable bonds is 4. The molecule has 2 rings (SSSR count). The summed E-state index contributed by atoms with van der Waals surface area (Å²) in [5.74, 6) is -0.221. The Morgan fingerprint density at radius 3 is 3.11 bits per heavy atom. The SMILES string of the molecule is CNCc1cccc(F)c1N1CCOC(CO)C1. The molecule has 1 aromatic carbocycles. The maximum Gasteiger partial charge on any atom is 0.146 e. The summed E-state index contributed by atoms with van der Waals surface area (Å²) in [7, 11) is 1.84. The van der Waals surface area contributed by atoms with E-state index >= 15 is 0 Å². The number of nitrogens with one attached hydrogen (secondary N) is 1. The molecule has 1 unspecified atom stereocenters. The zero-order valence-corrected chi connectivity index (χ0v) is 10.5. The molecule has 1 fully saturated rings. The largest absolute Gasteiger partial charge is 0.394 e. The number of aliphatic hydroxyl groups is 1. The number of nitrogens with zero attached hydrogens (tertiary/aromatic N) is 1. The van der Waals surface area contributed by atoms with Crippen LogP contribution in [0.4, 0.5) is 10.1 Å². The minimum Gasteiger partial charge on any atom is -0.394 e. The highest BCUT2D eigenvalue weighted by Crippen LogP contribution is 2.26. The Labute approximate surface area is 106 Å². The van der Waals surface area contributed by atoms with Gasteiger partial charge in [-0.15, -0.1) is 0 Å². The molecule has 1 aliphatic heterocycles. The van der Waals surface area contributed by atoms with E-state index in [0.717, 1.165) is 5.56 Å². The van der Waals surface area contributed by atoms with E-state index in [4.69, 9.17) is 9.84 Å². The maximum absolute atomic E-state index is 14.0. The summed E-state index contributed by atoms with van der Waals surface area (Å²) in [5.41, 5.74) is 1.55. The van der Waals surface area contributed by atoms with Crippen LogP contribution in [0.3, 0.4) is 0 Å². The fourth-order valence-electron chi connectivity index (χ4n) is 2.28. The van der Waals surface area contributed by atoms with Crippen molar-refractivity contribution in [1.29, 1.82) is 0 Å². The van der Waals surface area contributed by atoms with Gasteiger partial charge in [-0.3, -0.25) is 0 Å². The number of hydrogen-bond acceptors (Lipinski definition) is 4. The van der Waals surface area contributed by atoms with Crippen molar-refractivity contribution < 1.29 is 14.2 Å². The Morgan fingerprint density at radius 1 is 1.56 bits per heavy atom. The van der Waals surface area contributed by atoms with E-state index in [0.29, 0.717) is 31.9 Å². The summed E-state index contributed by atoms with van der Waals surface area (Å²) in [6.07, 6.45) is -0.235. The van der Waals surface area contributed by atoms with Gasteiger partial charge in [0, 0.05) is 19.6 Å². The van der Waals surface area contributed by atoms with Gasteiger partial charge in [-0.2, -0.15) is 0 Å². The van der Waals surface area contributed by atoms with Gasteiger partial charge in [-0.05, 0) is 18.7 Å². The highest BCUT2D eigenvalue weighted by Gasteiger charge is 2.23. The minimum absolute atomic E-state index is 0.0354. The molecule has 1 atom stereocenters. The number of anilines is 1. The van der Waals surface area contributed by atoms with Gasteiger partial charge in [0.05, 0.1) is 25.0 Å². The number of halogens is 1. The van der Waals surface area contributed by atoms with E-state index in [9.17, 15) is 4.39 Å². The number of aliphatic hydroxyl groups excluding tert-OH is 1. The topological polar surface area (TPSA) is 44.7 Å². The van der Waals surface area contributed by atoms with Gasteiger partial charge in [-0.1, -0.05) is 12.1 Å². The third-order valence-corrected chi connectivity index (χ3v) is 3.10. The zero-order chi connectivity index (χ0) is 13.0. The summed E-state index contributed by atoms with van der Waals surface area (Å²) >= 11 is 0. The normalized spacial score (nSPS) is 20.2. The first-order valence-electron chi connectivity index (χ1n) is 6.15. The van der Waals surface area contributed by atoms with Gasteiger partial charge in [0.1, 0.15) is 5.82 Å². The van der Waals surface area contributed by atoms with E-state index in [-0.39, 0.29) is 18.5 Å². The molecule has 100 valence electrons. The Bertz CT molecular complexity index is 401. The fourth-order valence-corrected chi connectivity index (χ4v) is 2.28. The van der Waals surface area contributed by atoms with E-state index in [1.54, 1.807) is 6.07 Å². The van der Waals surface area contributed by atoms with Gasteiger partial charge < -0.3 is 20.1 Å². The number of ether oxygens (including phenoxy) is 1. The quantitative estimate of drug-likeness (QED) is 0.832. The summed E-state index contributed by atoms with van der Waals surface area (Å²) < 4.78 is 19.4. The Balaban J connectivity index is 2.25. The number of hydrogen-bond donors (Lipinski definition) is 2. The highest BCUT2D eigenvalue weighted by molar-refractivity contribution is 5.55. The average Bonchev–Trinajstić information content (AvgIpc) is 2.39. The molecule has 2 N–H and O–H groups in total. The number of benzene rings is 1. The average molecular weight is 254 g/mol. The second-order valence-corrected chi connectivity index (χ2v) is 4.40. The Hall–Kier alpha value is -1.17. The van der Waals surface area contributed by atoms with Crippen LogP contribution in [-0.4, -0.2) is 44.6 Å².